The Morgan fingerprint density at radius 2 is 2.00 bits per heavy atom. The third-order valence-electron chi connectivity index (χ3n) is 4.98. The Bertz CT molecular complexity index is 1180. The van der Waals surface area contributed by atoms with Gasteiger partial charge in [-0.3, -0.25) is 0 Å². The summed E-state index contributed by atoms with van der Waals surface area (Å²) in [4.78, 5) is 0. The predicted molar refractivity (Wildman–Crippen MR) is 115 cm³/mol. The standard InChI is InChI=1S/C23H19BrN2O3/c1-3-28-22-18(24)10-14(11-19(22)27-2)20-16-9-8-13-6-4-5-7-15(13)21(16)29-23(26)17(20)12-25/h4-11,20H,3,26H2,1-2H3. The zero-order chi connectivity index (χ0) is 20.5. The van der Waals surface area contributed by atoms with E-state index in [9.17, 15) is 5.26 Å². The summed E-state index contributed by atoms with van der Waals surface area (Å²) in [6.07, 6.45) is 0. The molecule has 0 aromatic heterocycles. The summed E-state index contributed by atoms with van der Waals surface area (Å²) in [6, 6.07) is 18.0. The number of methoxy groups -OCH3 is 1. The van der Waals surface area contributed by atoms with Gasteiger partial charge in [0, 0.05) is 10.9 Å². The second-order valence-electron chi connectivity index (χ2n) is 6.60. The summed E-state index contributed by atoms with van der Waals surface area (Å²) in [6.45, 7) is 2.42. The predicted octanol–water partition coefficient (Wildman–Crippen LogP) is 5.23. The summed E-state index contributed by atoms with van der Waals surface area (Å²) in [5.74, 6) is 1.62. The number of fused-ring (bicyclic) bond motifs is 3. The van der Waals surface area contributed by atoms with Crippen molar-refractivity contribution in [1.82, 2.24) is 0 Å². The lowest BCUT2D eigenvalue weighted by Crippen LogP contribution is -2.21. The van der Waals surface area contributed by atoms with Gasteiger partial charge in [0.2, 0.25) is 5.88 Å². The fraction of sp³-hybridized carbons (Fsp3) is 0.174. The van der Waals surface area contributed by atoms with E-state index >= 15 is 0 Å². The smallest absolute Gasteiger partial charge is 0.205 e. The maximum Gasteiger partial charge on any atom is 0.205 e. The molecule has 1 unspecified atom stereocenters. The molecule has 0 amide bonds. The molecule has 0 saturated carbocycles. The van der Waals surface area contributed by atoms with Gasteiger partial charge in [-0.2, -0.15) is 5.26 Å². The highest BCUT2D eigenvalue weighted by Crippen LogP contribution is 2.48. The molecule has 29 heavy (non-hydrogen) atoms. The van der Waals surface area contributed by atoms with Crippen molar-refractivity contribution in [3.63, 3.8) is 0 Å². The molecule has 3 aromatic carbocycles. The van der Waals surface area contributed by atoms with E-state index in [1.165, 1.54) is 0 Å². The second kappa shape index (κ2) is 7.69. The van der Waals surface area contributed by atoms with Gasteiger partial charge in [0.25, 0.3) is 0 Å². The third-order valence-corrected chi connectivity index (χ3v) is 5.57. The lowest BCUT2D eigenvalue weighted by molar-refractivity contribution is 0.308. The average molecular weight is 451 g/mol. The molecular formula is C23H19BrN2O3. The van der Waals surface area contributed by atoms with Crippen LogP contribution in [-0.2, 0) is 0 Å². The summed E-state index contributed by atoms with van der Waals surface area (Å²) in [5, 5.41) is 11.8. The van der Waals surface area contributed by atoms with Crippen LogP contribution in [0, 0.1) is 11.3 Å². The van der Waals surface area contributed by atoms with Gasteiger partial charge in [0.15, 0.2) is 11.5 Å². The van der Waals surface area contributed by atoms with Crippen LogP contribution in [0.25, 0.3) is 10.8 Å². The minimum atomic E-state index is -0.380. The van der Waals surface area contributed by atoms with Crippen LogP contribution >= 0.6 is 15.9 Å². The molecule has 0 saturated heterocycles. The van der Waals surface area contributed by atoms with Crippen molar-refractivity contribution in [2.24, 2.45) is 5.73 Å². The minimum Gasteiger partial charge on any atom is -0.493 e. The Labute approximate surface area is 177 Å². The Morgan fingerprint density at radius 3 is 2.72 bits per heavy atom. The monoisotopic (exact) mass is 450 g/mol. The third kappa shape index (κ3) is 3.18. The molecular weight excluding hydrogens is 432 g/mol. The summed E-state index contributed by atoms with van der Waals surface area (Å²) in [7, 11) is 1.59. The molecule has 0 fully saturated rings. The molecule has 0 spiro atoms. The van der Waals surface area contributed by atoms with Crippen LogP contribution in [0.2, 0.25) is 0 Å². The van der Waals surface area contributed by atoms with Crippen molar-refractivity contribution in [1.29, 1.82) is 5.26 Å². The molecule has 1 aliphatic rings. The first kappa shape index (κ1) is 19.2. The van der Waals surface area contributed by atoms with Gasteiger partial charge in [0.05, 0.1) is 24.1 Å². The zero-order valence-corrected chi connectivity index (χ0v) is 17.6. The summed E-state index contributed by atoms with van der Waals surface area (Å²) >= 11 is 3.58. The molecule has 6 heteroatoms. The van der Waals surface area contributed by atoms with Crippen LogP contribution < -0.4 is 19.9 Å². The second-order valence-corrected chi connectivity index (χ2v) is 7.45. The fourth-order valence-corrected chi connectivity index (χ4v) is 4.29. The van der Waals surface area contributed by atoms with Crippen LogP contribution in [0.1, 0.15) is 24.0 Å². The number of nitrogens with zero attached hydrogens (tertiary/aromatic N) is 1. The van der Waals surface area contributed by atoms with Crippen LogP contribution in [-0.4, -0.2) is 13.7 Å². The topological polar surface area (TPSA) is 77.5 Å². The van der Waals surface area contributed by atoms with Crippen molar-refractivity contribution in [2.75, 3.05) is 13.7 Å². The quantitative estimate of drug-likeness (QED) is 0.588. The number of benzene rings is 3. The molecule has 0 bridgehead atoms. The minimum absolute atomic E-state index is 0.116. The van der Waals surface area contributed by atoms with E-state index in [0.717, 1.165) is 26.4 Å². The van der Waals surface area contributed by atoms with E-state index in [-0.39, 0.29) is 11.8 Å². The van der Waals surface area contributed by atoms with Gasteiger partial charge in [-0.1, -0.05) is 36.4 Å². The highest BCUT2D eigenvalue weighted by molar-refractivity contribution is 9.10. The molecule has 0 aliphatic carbocycles. The Morgan fingerprint density at radius 1 is 1.21 bits per heavy atom. The summed E-state index contributed by atoms with van der Waals surface area (Å²) in [5.41, 5.74) is 8.28. The molecule has 2 N–H and O–H groups in total. The molecule has 1 heterocycles. The van der Waals surface area contributed by atoms with Crippen LogP contribution in [0.3, 0.4) is 0 Å². The maximum absolute atomic E-state index is 9.83. The Balaban J connectivity index is 1.97. The van der Waals surface area contributed by atoms with Crippen molar-refractivity contribution in [3.05, 3.63) is 75.6 Å². The molecule has 146 valence electrons. The molecule has 0 radical (unpaired) electrons. The van der Waals surface area contributed by atoms with E-state index in [2.05, 4.69) is 22.0 Å². The van der Waals surface area contributed by atoms with Gasteiger partial charge < -0.3 is 19.9 Å². The highest BCUT2D eigenvalue weighted by Gasteiger charge is 2.32. The number of hydrogen-bond acceptors (Lipinski definition) is 5. The van der Waals surface area contributed by atoms with E-state index in [1.54, 1.807) is 7.11 Å². The number of rotatable bonds is 4. The lowest BCUT2D eigenvalue weighted by atomic mass is 9.82. The van der Waals surface area contributed by atoms with Crippen molar-refractivity contribution in [3.8, 4) is 23.3 Å². The SMILES string of the molecule is CCOc1c(Br)cc(C2C(C#N)=C(N)Oc3c2ccc2ccccc32)cc1OC. The molecule has 5 nitrogen and oxygen atoms in total. The molecule has 4 rings (SSSR count). The number of nitrogens with two attached hydrogens (primary N) is 1. The van der Waals surface area contributed by atoms with Gasteiger partial charge >= 0.3 is 0 Å². The fourth-order valence-electron chi connectivity index (χ4n) is 3.72. The number of ether oxygens (including phenoxy) is 3. The number of hydrogen-bond donors (Lipinski definition) is 1. The van der Waals surface area contributed by atoms with E-state index in [0.29, 0.717) is 29.4 Å². The molecule has 1 aliphatic heterocycles. The van der Waals surface area contributed by atoms with E-state index in [4.69, 9.17) is 19.9 Å². The number of allylic oxidation sites excluding steroid dienone is 1. The Kier molecular flexibility index (Phi) is 5.08. The van der Waals surface area contributed by atoms with Gasteiger partial charge in [-0.05, 0) is 45.9 Å². The lowest BCUT2D eigenvalue weighted by Gasteiger charge is -2.28. The molecule has 3 aromatic rings. The maximum atomic E-state index is 9.83. The van der Waals surface area contributed by atoms with E-state index < -0.39 is 0 Å². The average Bonchev–Trinajstić information content (AvgIpc) is 2.74. The van der Waals surface area contributed by atoms with Crippen molar-refractivity contribution in [2.45, 2.75) is 12.8 Å². The first-order chi connectivity index (χ1) is 14.1. The zero-order valence-electron chi connectivity index (χ0n) is 16.0. The van der Waals surface area contributed by atoms with Crippen molar-refractivity contribution < 1.29 is 14.2 Å². The number of halogens is 1. The van der Waals surface area contributed by atoms with E-state index in [1.807, 2.05) is 55.5 Å². The van der Waals surface area contributed by atoms with Crippen molar-refractivity contribution >= 4 is 26.7 Å². The first-order valence-corrected chi connectivity index (χ1v) is 9.97. The van der Waals surface area contributed by atoms with Gasteiger partial charge in [0.1, 0.15) is 17.4 Å². The highest BCUT2D eigenvalue weighted by atomic mass is 79.9. The van der Waals surface area contributed by atoms with Crippen LogP contribution in [0.4, 0.5) is 0 Å². The first-order valence-electron chi connectivity index (χ1n) is 9.18. The number of nitriles is 1. The summed E-state index contributed by atoms with van der Waals surface area (Å²) < 4.78 is 17.9. The van der Waals surface area contributed by atoms with Crippen LogP contribution in [0.15, 0.2) is 64.5 Å². The van der Waals surface area contributed by atoms with Gasteiger partial charge in [-0.15, -0.1) is 0 Å². The normalized spacial score (nSPS) is 15.4. The van der Waals surface area contributed by atoms with Gasteiger partial charge in [-0.25, -0.2) is 0 Å². The largest absolute Gasteiger partial charge is 0.493 e. The Hall–Kier alpha value is -3.17. The van der Waals surface area contributed by atoms with Crippen LogP contribution in [0.5, 0.6) is 17.2 Å². The molecule has 1 atom stereocenters.